The largest absolute Gasteiger partial charge is 0.349 e. The highest BCUT2D eigenvalue weighted by Crippen LogP contribution is 2.11. The molecule has 20 heavy (non-hydrogen) atoms. The Balaban J connectivity index is 1.59. The summed E-state index contributed by atoms with van der Waals surface area (Å²) in [7, 11) is 0. The zero-order valence-corrected chi connectivity index (χ0v) is 12.0. The third-order valence-corrected chi connectivity index (χ3v) is 3.67. The van der Waals surface area contributed by atoms with Gasteiger partial charge < -0.3 is 5.32 Å². The van der Waals surface area contributed by atoms with Gasteiger partial charge in [0.2, 0.25) is 0 Å². The van der Waals surface area contributed by atoms with Crippen molar-refractivity contribution in [2.24, 2.45) is 0 Å². The number of fused-ring (bicyclic) bond motifs is 1. The molecule has 1 N–H and O–H groups in total. The molecule has 3 rings (SSSR count). The van der Waals surface area contributed by atoms with Gasteiger partial charge in [0.05, 0.1) is 6.54 Å². The molecule has 8 heteroatoms. The van der Waals surface area contributed by atoms with Crippen LogP contribution in [-0.2, 0) is 6.54 Å². The molecule has 0 fully saturated rings. The minimum absolute atomic E-state index is 0.171. The van der Waals surface area contributed by atoms with E-state index in [1.54, 1.807) is 10.9 Å². The fourth-order valence-corrected chi connectivity index (χ4v) is 2.68. The second-order valence-electron chi connectivity index (χ2n) is 4.40. The van der Waals surface area contributed by atoms with Gasteiger partial charge in [0.15, 0.2) is 4.96 Å². The Morgan fingerprint density at radius 1 is 1.40 bits per heavy atom. The fraction of sp³-hybridized carbons (Fsp3) is 0.333. The van der Waals surface area contributed by atoms with E-state index in [1.807, 2.05) is 29.8 Å². The molecule has 0 unspecified atom stereocenters. The van der Waals surface area contributed by atoms with Crippen LogP contribution in [-0.4, -0.2) is 36.6 Å². The van der Waals surface area contributed by atoms with E-state index in [0.717, 1.165) is 16.6 Å². The van der Waals surface area contributed by atoms with Crippen LogP contribution >= 0.6 is 11.3 Å². The molecule has 0 radical (unpaired) electrons. The molecule has 0 atom stereocenters. The minimum Gasteiger partial charge on any atom is -0.349 e. The zero-order chi connectivity index (χ0) is 14.1. The van der Waals surface area contributed by atoms with Crippen molar-refractivity contribution >= 4 is 22.2 Å². The Morgan fingerprint density at radius 2 is 2.25 bits per heavy atom. The quantitative estimate of drug-likeness (QED) is 0.778. The summed E-state index contributed by atoms with van der Waals surface area (Å²) in [6, 6.07) is 0. The average molecular weight is 290 g/mol. The maximum atomic E-state index is 12.0. The van der Waals surface area contributed by atoms with E-state index in [1.165, 1.54) is 11.3 Å². The highest BCUT2D eigenvalue weighted by Gasteiger charge is 2.11. The number of carbonyl (C=O) groups excluding carboxylic acids is 1. The highest BCUT2D eigenvalue weighted by molar-refractivity contribution is 7.15. The van der Waals surface area contributed by atoms with Crippen LogP contribution in [0.5, 0.6) is 0 Å². The first-order valence-corrected chi connectivity index (χ1v) is 7.10. The summed E-state index contributed by atoms with van der Waals surface area (Å²) in [5, 5.41) is 9.01. The molecule has 3 aromatic rings. The van der Waals surface area contributed by atoms with Crippen LogP contribution in [0.4, 0.5) is 0 Å². The predicted molar refractivity (Wildman–Crippen MR) is 74.9 cm³/mol. The number of hydrogen-bond acceptors (Lipinski definition) is 5. The number of hydrogen-bond donors (Lipinski definition) is 1. The summed E-state index contributed by atoms with van der Waals surface area (Å²) in [5.74, 6) is 1.41. The number of thiazole rings is 1. The lowest BCUT2D eigenvalue weighted by atomic mass is 10.4. The van der Waals surface area contributed by atoms with Crippen LogP contribution in [0.15, 0.2) is 17.8 Å². The summed E-state index contributed by atoms with van der Waals surface area (Å²) < 4.78 is 3.62. The minimum atomic E-state index is -0.171. The van der Waals surface area contributed by atoms with Crippen molar-refractivity contribution in [3.63, 3.8) is 0 Å². The molecule has 1 amide bonds. The first-order valence-electron chi connectivity index (χ1n) is 6.22. The van der Waals surface area contributed by atoms with E-state index in [9.17, 15) is 4.79 Å². The average Bonchev–Trinajstić information content (AvgIpc) is 3.04. The number of carbonyl (C=O) groups is 1. The number of aromatic nitrogens is 5. The monoisotopic (exact) mass is 290 g/mol. The van der Waals surface area contributed by atoms with Gasteiger partial charge in [0, 0.05) is 24.3 Å². The first kappa shape index (κ1) is 12.8. The molecule has 0 saturated heterocycles. The van der Waals surface area contributed by atoms with Crippen molar-refractivity contribution < 1.29 is 4.79 Å². The van der Waals surface area contributed by atoms with Crippen LogP contribution in [0.25, 0.3) is 4.96 Å². The lowest BCUT2D eigenvalue weighted by molar-refractivity contribution is 0.0947. The van der Waals surface area contributed by atoms with Crippen molar-refractivity contribution in [1.82, 2.24) is 29.5 Å². The molecule has 7 nitrogen and oxygen atoms in total. The standard InChI is InChI=1S/C12H14N6OS/c1-8-14-9(2)18(16-8)4-3-13-11(19)10-7-17-5-6-20-12(17)15-10/h5-7H,3-4H2,1-2H3,(H,13,19). The summed E-state index contributed by atoms with van der Waals surface area (Å²) in [5.41, 5.74) is 0.434. The maximum absolute atomic E-state index is 12.0. The van der Waals surface area contributed by atoms with Gasteiger partial charge in [-0.2, -0.15) is 5.10 Å². The van der Waals surface area contributed by atoms with Gasteiger partial charge in [-0.3, -0.25) is 9.20 Å². The molecule has 0 aromatic carbocycles. The van der Waals surface area contributed by atoms with Gasteiger partial charge in [-0.15, -0.1) is 11.3 Å². The lowest BCUT2D eigenvalue weighted by Crippen LogP contribution is -2.28. The second kappa shape index (κ2) is 5.04. The molecule has 3 aromatic heterocycles. The van der Waals surface area contributed by atoms with Crippen molar-refractivity contribution in [2.75, 3.05) is 6.54 Å². The molecule has 0 aliphatic carbocycles. The van der Waals surface area contributed by atoms with Crippen molar-refractivity contribution in [3.05, 3.63) is 35.1 Å². The van der Waals surface area contributed by atoms with Crippen LogP contribution in [0.2, 0.25) is 0 Å². The summed E-state index contributed by atoms with van der Waals surface area (Å²) >= 11 is 1.50. The van der Waals surface area contributed by atoms with E-state index in [-0.39, 0.29) is 5.91 Å². The number of rotatable bonds is 4. The third kappa shape index (κ3) is 2.42. The number of nitrogens with one attached hydrogen (secondary N) is 1. The van der Waals surface area contributed by atoms with Gasteiger partial charge in [0.1, 0.15) is 17.3 Å². The highest BCUT2D eigenvalue weighted by atomic mass is 32.1. The number of amides is 1. The SMILES string of the molecule is Cc1nc(C)n(CCNC(=O)c2cn3ccsc3n2)n1. The zero-order valence-electron chi connectivity index (χ0n) is 11.2. The van der Waals surface area contributed by atoms with E-state index in [2.05, 4.69) is 20.4 Å². The van der Waals surface area contributed by atoms with Gasteiger partial charge >= 0.3 is 0 Å². The molecule has 104 valence electrons. The molecule has 0 saturated carbocycles. The Morgan fingerprint density at radius 3 is 2.95 bits per heavy atom. The van der Waals surface area contributed by atoms with Crippen LogP contribution in [0.3, 0.4) is 0 Å². The smallest absolute Gasteiger partial charge is 0.271 e. The predicted octanol–water partition coefficient (Wildman–Crippen LogP) is 1.03. The van der Waals surface area contributed by atoms with Crippen LogP contribution < -0.4 is 5.32 Å². The molecule has 0 spiro atoms. The van der Waals surface area contributed by atoms with E-state index in [0.29, 0.717) is 18.8 Å². The Labute approximate surface area is 119 Å². The topological polar surface area (TPSA) is 77.1 Å². The summed E-state index contributed by atoms with van der Waals surface area (Å²) in [6.07, 6.45) is 3.61. The van der Waals surface area contributed by atoms with Crippen molar-refractivity contribution in [3.8, 4) is 0 Å². The number of nitrogens with zero attached hydrogens (tertiary/aromatic N) is 5. The fourth-order valence-electron chi connectivity index (χ4n) is 1.98. The van der Waals surface area contributed by atoms with Gasteiger partial charge in [-0.05, 0) is 13.8 Å². The van der Waals surface area contributed by atoms with Gasteiger partial charge in [-0.1, -0.05) is 0 Å². The van der Waals surface area contributed by atoms with E-state index < -0.39 is 0 Å². The van der Waals surface area contributed by atoms with Crippen molar-refractivity contribution in [2.45, 2.75) is 20.4 Å². The third-order valence-electron chi connectivity index (χ3n) is 2.90. The summed E-state index contributed by atoms with van der Waals surface area (Å²) in [6.45, 7) is 4.83. The Kier molecular flexibility index (Phi) is 3.23. The first-order chi connectivity index (χ1) is 9.63. The summed E-state index contributed by atoms with van der Waals surface area (Å²) in [4.78, 5) is 21.3. The lowest BCUT2D eigenvalue weighted by Gasteiger charge is -2.04. The molecular weight excluding hydrogens is 276 g/mol. The molecule has 0 bridgehead atoms. The number of imidazole rings is 1. The van der Waals surface area contributed by atoms with E-state index >= 15 is 0 Å². The normalized spacial score (nSPS) is 11.1. The second-order valence-corrected chi connectivity index (χ2v) is 5.28. The van der Waals surface area contributed by atoms with Crippen LogP contribution in [0, 0.1) is 13.8 Å². The maximum Gasteiger partial charge on any atom is 0.271 e. The molecule has 0 aliphatic heterocycles. The number of aryl methyl sites for hydroxylation is 2. The Hall–Kier alpha value is -2.22. The van der Waals surface area contributed by atoms with Gasteiger partial charge in [-0.25, -0.2) is 14.6 Å². The van der Waals surface area contributed by atoms with Gasteiger partial charge in [0.25, 0.3) is 5.91 Å². The van der Waals surface area contributed by atoms with E-state index in [4.69, 9.17) is 0 Å². The molecular formula is C12H14N6OS. The van der Waals surface area contributed by atoms with Crippen LogP contribution in [0.1, 0.15) is 22.1 Å². The Bertz CT molecular complexity index is 727. The van der Waals surface area contributed by atoms with Crippen molar-refractivity contribution in [1.29, 1.82) is 0 Å². The molecule has 0 aliphatic rings. The molecule has 3 heterocycles.